The molecule has 0 amide bonds. The molecule has 0 atom stereocenters. The second-order valence-electron chi connectivity index (χ2n) is 4.42. The maximum absolute atomic E-state index is 5.68. The number of nitrogens with one attached hydrogen (secondary N) is 1. The molecule has 19 heavy (non-hydrogen) atoms. The molecule has 0 unspecified atom stereocenters. The maximum Gasteiger partial charge on any atom is 0.241 e. The minimum atomic E-state index is 0.312. The number of rotatable bonds is 1. The van der Waals surface area contributed by atoms with Crippen LogP contribution in [-0.4, -0.2) is 19.6 Å². The molecule has 0 aliphatic rings. The number of benzene rings is 1. The summed E-state index contributed by atoms with van der Waals surface area (Å²) in [5.41, 5.74) is 8.98. The second kappa shape index (κ2) is 3.58. The van der Waals surface area contributed by atoms with Crippen LogP contribution in [0.1, 0.15) is 4.88 Å². The topological polar surface area (TPSA) is 72.0 Å². The van der Waals surface area contributed by atoms with E-state index >= 15 is 0 Å². The number of fused-ring (bicyclic) bond motifs is 2. The van der Waals surface area contributed by atoms with Crippen molar-refractivity contribution in [2.24, 2.45) is 0 Å². The lowest BCUT2D eigenvalue weighted by molar-refractivity contribution is 0.988. The number of anilines is 1. The van der Waals surface area contributed by atoms with E-state index in [2.05, 4.69) is 34.1 Å². The highest BCUT2D eigenvalue weighted by atomic mass is 32.1. The van der Waals surface area contributed by atoms with Crippen LogP contribution < -0.4 is 5.73 Å². The van der Waals surface area contributed by atoms with Gasteiger partial charge in [-0.3, -0.25) is 0 Å². The minimum absolute atomic E-state index is 0.312. The van der Waals surface area contributed by atoms with Crippen LogP contribution in [0.3, 0.4) is 0 Å². The van der Waals surface area contributed by atoms with Gasteiger partial charge in [0.25, 0.3) is 0 Å². The Morgan fingerprint density at radius 3 is 3.05 bits per heavy atom. The molecule has 0 radical (unpaired) electrons. The van der Waals surface area contributed by atoms with Crippen molar-refractivity contribution in [2.75, 3.05) is 5.73 Å². The van der Waals surface area contributed by atoms with Crippen molar-refractivity contribution in [1.82, 2.24) is 19.6 Å². The summed E-state index contributed by atoms with van der Waals surface area (Å²) in [6, 6.07) is 8.22. The summed E-state index contributed by atoms with van der Waals surface area (Å²) < 4.78 is 1.82. The third-order valence-corrected chi connectivity index (χ3v) is 4.17. The number of hydrogen-bond acceptors (Lipinski definition) is 4. The van der Waals surface area contributed by atoms with Gasteiger partial charge >= 0.3 is 0 Å². The lowest BCUT2D eigenvalue weighted by Gasteiger charge is -1.99. The quantitative estimate of drug-likeness (QED) is 0.558. The van der Waals surface area contributed by atoms with E-state index in [0.717, 1.165) is 21.7 Å². The van der Waals surface area contributed by atoms with Gasteiger partial charge in [0.2, 0.25) is 10.9 Å². The molecule has 3 aromatic heterocycles. The first-order chi connectivity index (χ1) is 9.24. The first kappa shape index (κ1) is 10.6. The Morgan fingerprint density at radius 2 is 2.16 bits per heavy atom. The highest BCUT2D eigenvalue weighted by Crippen LogP contribution is 2.34. The standard InChI is InChI=1S/C13H11N5S/c1-7-11(18-13(19-7)16-12(14)17-18)9-6-15-10-5-3-2-4-8(9)10/h2-6,15H,1H3,(H2,14,17). The first-order valence-corrected chi connectivity index (χ1v) is 6.74. The molecule has 0 aliphatic carbocycles. The summed E-state index contributed by atoms with van der Waals surface area (Å²) in [6.07, 6.45) is 2.01. The van der Waals surface area contributed by atoms with Gasteiger partial charge in [-0.15, -0.1) is 5.10 Å². The summed E-state index contributed by atoms with van der Waals surface area (Å²) in [5.74, 6) is 0.312. The van der Waals surface area contributed by atoms with E-state index in [4.69, 9.17) is 5.73 Å². The summed E-state index contributed by atoms with van der Waals surface area (Å²) in [7, 11) is 0. The lowest BCUT2D eigenvalue weighted by Crippen LogP contribution is -1.92. The van der Waals surface area contributed by atoms with E-state index in [0.29, 0.717) is 5.95 Å². The minimum Gasteiger partial charge on any atom is -0.366 e. The molecule has 3 heterocycles. The van der Waals surface area contributed by atoms with Gasteiger partial charge in [0, 0.05) is 27.5 Å². The van der Waals surface area contributed by atoms with Crippen molar-refractivity contribution >= 4 is 33.1 Å². The Hall–Kier alpha value is -2.34. The van der Waals surface area contributed by atoms with E-state index in [-0.39, 0.29) is 0 Å². The lowest BCUT2D eigenvalue weighted by atomic mass is 10.1. The van der Waals surface area contributed by atoms with Crippen LogP contribution in [0.5, 0.6) is 0 Å². The average Bonchev–Trinajstić information content (AvgIpc) is 3.02. The van der Waals surface area contributed by atoms with Crippen molar-refractivity contribution in [3.8, 4) is 11.3 Å². The molecule has 3 N–H and O–H groups in total. The molecular weight excluding hydrogens is 258 g/mol. The summed E-state index contributed by atoms with van der Waals surface area (Å²) in [4.78, 5) is 9.52. The molecule has 5 nitrogen and oxygen atoms in total. The Kier molecular flexibility index (Phi) is 1.99. The zero-order valence-corrected chi connectivity index (χ0v) is 11.0. The highest BCUT2D eigenvalue weighted by molar-refractivity contribution is 7.17. The second-order valence-corrected chi connectivity index (χ2v) is 5.60. The van der Waals surface area contributed by atoms with E-state index in [1.807, 2.05) is 22.8 Å². The Bertz CT molecular complexity index is 898. The number of thiazole rings is 1. The third-order valence-electron chi connectivity index (χ3n) is 3.23. The van der Waals surface area contributed by atoms with Crippen LogP contribution in [0.15, 0.2) is 30.5 Å². The number of hydrogen-bond donors (Lipinski definition) is 2. The van der Waals surface area contributed by atoms with Crippen molar-refractivity contribution in [3.05, 3.63) is 35.3 Å². The molecule has 4 rings (SSSR count). The number of nitrogens with two attached hydrogens (primary N) is 1. The molecule has 0 fully saturated rings. The van der Waals surface area contributed by atoms with Gasteiger partial charge in [0.05, 0.1) is 5.69 Å². The van der Waals surface area contributed by atoms with Crippen molar-refractivity contribution in [3.63, 3.8) is 0 Å². The van der Waals surface area contributed by atoms with Gasteiger partial charge in [0.15, 0.2) is 0 Å². The van der Waals surface area contributed by atoms with Crippen molar-refractivity contribution in [1.29, 1.82) is 0 Å². The Labute approximate surface area is 112 Å². The number of aryl methyl sites for hydroxylation is 1. The fraction of sp³-hybridized carbons (Fsp3) is 0.0769. The molecule has 0 saturated heterocycles. The summed E-state index contributed by atoms with van der Waals surface area (Å²) in [6.45, 7) is 2.08. The van der Waals surface area contributed by atoms with Gasteiger partial charge in [-0.2, -0.15) is 4.98 Å². The third kappa shape index (κ3) is 1.40. The van der Waals surface area contributed by atoms with Gasteiger partial charge in [-0.25, -0.2) is 4.52 Å². The van der Waals surface area contributed by atoms with Crippen LogP contribution in [-0.2, 0) is 0 Å². The van der Waals surface area contributed by atoms with Gasteiger partial charge in [-0.05, 0) is 13.0 Å². The number of aromatic amines is 1. The molecular formula is C13H11N5S. The highest BCUT2D eigenvalue weighted by Gasteiger charge is 2.17. The fourth-order valence-electron chi connectivity index (χ4n) is 2.43. The SMILES string of the molecule is Cc1sc2nc(N)nn2c1-c1c[nH]c2ccccc12. The molecule has 0 saturated carbocycles. The number of nitrogens with zero attached hydrogens (tertiary/aromatic N) is 3. The maximum atomic E-state index is 5.68. The van der Waals surface area contributed by atoms with Crippen LogP contribution in [0.2, 0.25) is 0 Å². The number of H-pyrrole nitrogens is 1. The number of para-hydroxylation sites is 1. The van der Waals surface area contributed by atoms with Crippen LogP contribution in [0, 0.1) is 6.92 Å². The number of nitrogen functional groups attached to an aromatic ring is 1. The molecule has 94 valence electrons. The molecule has 1 aromatic carbocycles. The van der Waals surface area contributed by atoms with E-state index < -0.39 is 0 Å². The predicted octanol–water partition coefficient (Wildman–Crippen LogP) is 2.83. The number of aromatic nitrogens is 4. The predicted molar refractivity (Wildman–Crippen MR) is 77.3 cm³/mol. The van der Waals surface area contributed by atoms with Gasteiger partial charge in [0.1, 0.15) is 0 Å². The van der Waals surface area contributed by atoms with E-state index in [1.165, 1.54) is 10.3 Å². The average molecular weight is 269 g/mol. The molecule has 0 bridgehead atoms. The molecule has 4 aromatic rings. The van der Waals surface area contributed by atoms with Gasteiger partial charge < -0.3 is 10.7 Å². The molecule has 0 spiro atoms. The normalized spacial score (nSPS) is 11.6. The fourth-order valence-corrected chi connectivity index (χ4v) is 3.35. The molecule has 6 heteroatoms. The van der Waals surface area contributed by atoms with E-state index in [1.54, 1.807) is 11.3 Å². The monoisotopic (exact) mass is 269 g/mol. The molecule has 0 aliphatic heterocycles. The van der Waals surface area contributed by atoms with Crippen LogP contribution >= 0.6 is 11.3 Å². The van der Waals surface area contributed by atoms with Crippen LogP contribution in [0.25, 0.3) is 27.1 Å². The van der Waals surface area contributed by atoms with Crippen molar-refractivity contribution < 1.29 is 0 Å². The summed E-state index contributed by atoms with van der Waals surface area (Å²) >= 11 is 1.60. The Balaban J connectivity index is 2.11. The van der Waals surface area contributed by atoms with Crippen molar-refractivity contribution in [2.45, 2.75) is 6.92 Å². The largest absolute Gasteiger partial charge is 0.366 e. The zero-order chi connectivity index (χ0) is 13.0. The van der Waals surface area contributed by atoms with Crippen LogP contribution in [0.4, 0.5) is 5.95 Å². The van der Waals surface area contributed by atoms with E-state index in [9.17, 15) is 0 Å². The Morgan fingerprint density at radius 1 is 1.32 bits per heavy atom. The first-order valence-electron chi connectivity index (χ1n) is 5.92. The zero-order valence-electron chi connectivity index (χ0n) is 10.2. The summed E-state index contributed by atoms with van der Waals surface area (Å²) in [5, 5.41) is 5.46. The van der Waals surface area contributed by atoms with Gasteiger partial charge in [-0.1, -0.05) is 29.5 Å². The smallest absolute Gasteiger partial charge is 0.241 e.